The molecule has 1 atom stereocenters. The molecule has 1 heterocycles. The molecule has 1 aliphatic rings. The van der Waals surface area contributed by atoms with E-state index in [1.165, 1.54) is 11.1 Å². The van der Waals surface area contributed by atoms with Crippen LogP contribution in [0.1, 0.15) is 46.3 Å². The second-order valence-corrected chi connectivity index (χ2v) is 8.02. The number of Topliss-reactive ketones (excluding diaryl/α,β-unsaturated/α-hetero) is 1. The van der Waals surface area contributed by atoms with E-state index in [0.29, 0.717) is 12.0 Å². The third-order valence-corrected chi connectivity index (χ3v) is 6.04. The summed E-state index contributed by atoms with van der Waals surface area (Å²) < 4.78 is 6.48. The number of esters is 1. The molecule has 0 saturated carbocycles. The molecule has 4 rings (SSSR count). The van der Waals surface area contributed by atoms with E-state index in [1.54, 1.807) is 18.3 Å². The van der Waals surface area contributed by atoms with E-state index in [4.69, 9.17) is 4.74 Å². The molecule has 0 aliphatic heterocycles. The highest BCUT2D eigenvalue weighted by molar-refractivity contribution is 7.18. The van der Waals surface area contributed by atoms with E-state index >= 15 is 0 Å². The second kappa shape index (κ2) is 7.61. The number of rotatable bonds is 6. The average Bonchev–Trinajstić information content (AvgIpc) is 3.31. The second-order valence-electron chi connectivity index (χ2n) is 6.91. The summed E-state index contributed by atoms with van der Waals surface area (Å²) in [5, 5.41) is 0.908. The number of hydrogen-bond acceptors (Lipinski definition) is 5. The van der Waals surface area contributed by atoms with Gasteiger partial charge < -0.3 is 4.74 Å². The molecule has 0 unspecified atom stereocenters. The first-order valence-electron chi connectivity index (χ1n) is 9.30. The van der Waals surface area contributed by atoms with Crippen molar-refractivity contribution in [3.8, 4) is 0 Å². The molecule has 1 aromatic heterocycles. The number of aryl methyl sites for hydroxylation is 3. The number of carbonyl (C=O) groups is 2. The smallest absolute Gasteiger partial charge is 0.306 e. The van der Waals surface area contributed by atoms with Crippen LogP contribution in [0, 0.1) is 0 Å². The van der Waals surface area contributed by atoms with Crippen LogP contribution in [0.2, 0.25) is 0 Å². The number of aromatic nitrogens is 1. The minimum Gasteiger partial charge on any atom is -0.454 e. The summed E-state index contributed by atoms with van der Waals surface area (Å²) in [5.41, 5.74) is 4.15. The number of carbonyl (C=O) groups excluding carboxylic acids is 2. The van der Waals surface area contributed by atoms with Crippen molar-refractivity contribution in [1.29, 1.82) is 0 Å². The monoisotopic (exact) mass is 379 g/mol. The third kappa shape index (κ3) is 3.93. The SMILES string of the molecule is C[C@H](OC(=O)CCc1nc2ccccc2s1)C(=O)c1ccc2c(c1)CCC2. The summed E-state index contributed by atoms with van der Waals surface area (Å²) in [5.74, 6) is -0.505. The Hall–Kier alpha value is -2.53. The molecule has 0 spiro atoms. The Bertz CT molecular complexity index is 975. The molecule has 0 N–H and O–H groups in total. The molecule has 1 aliphatic carbocycles. The Balaban J connectivity index is 1.33. The van der Waals surface area contributed by atoms with Gasteiger partial charge in [-0.15, -0.1) is 11.3 Å². The summed E-state index contributed by atoms with van der Waals surface area (Å²) in [6, 6.07) is 13.7. The molecule has 0 radical (unpaired) electrons. The zero-order valence-electron chi connectivity index (χ0n) is 15.2. The van der Waals surface area contributed by atoms with Crippen molar-refractivity contribution in [3.63, 3.8) is 0 Å². The number of nitrogens with zero attached hydrogens (tertiary/aromatic N) is 1. The maximum atomic E-state index is 12.6. The largest absolute Gasteiger partial charge is 0.454 e. The van der Waals surface area contributed by atoms with Gasteiger partial charge >= 0.3 is 5.97 Å². The van der Waals surface area contributed by atoms with Crippen molar-refractivity contribution in [2.24, 2.45) is 0 Å². The number of thiazole rings is 1. The molecule has 3 aromatic rings. The van der Waals surface area contributed by atoms with Gasteiger partial charge in [0.25, 0.3) is 0 Å². The van der Waals surface area contributed by atoms with Gasteiger partial charge in [0.1, 0.15) is 0 Å². The van der Waals surface area contributed by atoms with Crippen LogP contribution in [0.5, 0.6) is 0 Å². The number of ether oxygens (including phenoxy) is 1. The summed E-state index contributed by atoms with van der Waals surface area (Å²) in [6.07, 6.45) is 3.22. The van der Waals surface area contributed by atoms with Crippen LogP contribution >= 0.6 is 11.3 Å². The molecule has 0 amide bonds. The molecule has 0 saturated heterocycles. The highest BCUT2D eigenvalue weighted by Gasteiger charge is 2.21. The summed E-state index contributed by atoms with van der Waals surface area (Å²) >= 11 is 1.59. The lowest BCUT2D eigenvalue weighted by atomic mass is 10.0. The molecule has 0 fully saturated rings. The summed E-state index contributed by atoms with van der Waals surface area (Å²) in [4.78, 5) is 29.3. The minimum atomic E-state index is -0.771. The van der Waals surface area contributed by atoms with E-state index in [1.807, 2.05) is 42.5 Å². The summed E-state index contributed by atoms with van der Waals surface area (Å²) in [7, 11) is 0. The van der Waals surface area contributed by atoms with Gasteiger partial charge in [-0.3, -0.25) is 9.59 Å². The topological polar surface area (TPSA) is 56.3 Å². The quantitative estimate of drug-likeness (QED) is 0.466. The van der Waals surface area contributed by atoms with Gasteiger partial charge in [-0.1, -0.05) is 24.3 Å². The molecule has 138 valence electrons. The van der Waals surface area contributed by atoms with Gasteiger partial charge in [-0.25, -0.2) is 4.98 Å². The lowest BCUT2D eigenvalue weighted by molar-refractivity contribution is -0.146. The highest BCUT2D eigenvalue weighted by atomic mass is 32.1. The fraction of sp³-hybridized carbons (Fsp3) is 0.318. The Morgan fingerprint density at radius 3 is 2.81 bits per heavy atom. The van der Waals surface area contributed by atoms with E-state index < -0.39 is 6.10 Å². The number of benzene rings is 2. The number of fused-ring (bicyclic) bond motifs is 2. The van der Waals surface area contributed by atoms with Gasteiger partial charge in [0.15, 0.2) is 6.10 Å². The van der Waals surface area contributed by atoms with Crippen LogP contribution in [0.15, 0.2) is 42.5 Å². The fourth-order valence-electron chi connectivity index (χ4n) is 3.51. The Morgan fingerprint density at radius 1 is 1.15 bits per heavy atom. The van der Waals surface area contributed by atoms with E-state index in [-0.39, 0.29) is 18.2 Å². The normalized spacial score (nSPS) is 14.1. The maximum absolute atomic E-state index is 12.6. The fourth-order valence-corrected chi connectivity index (χ4v) is 4.47. The lowest BCUT2D eigenvalue weighted by Crippen LogP contribution is -2.24. The zero-order chi connectivity index (χ0) is 18.8. The van der Waals surface area contributed by atoms with Gasteiger partial charge in [-0.2, -0.15) is 0 Å². The van der Waals surface area contributed by atoms with Crippen molar-refractivity contribution >= 4 is 33.3 Å². The predicted octanol–water partition coefficient (Wildman–Crippen LogP) is 4.53. The minimum absolute atomic E-state index is 0.141. The first-order valence-corrected chi connectivity index (χ1v) is 10.1. The standard InChI is InChI=1S/C22H21NO3S/c1-14(22(25)17-10-9-15-5-4-6-16(15)13-17)26-21(24)12-11-20-23-18-7-2-3-8-19(18)27-20/h2-3,7-10,13-14H,4-6,11-12H2,1H3/t14-/m0/s1. The summed E-state index contributed by atoms with van der Waals surface area (Å²) in [6.45, 7) is 1.64. The molecule has 2 aromatic carbocycles. The van der Waals surface area contributed by atoms with Crippen molar-refractivity contribution in [2.75, 3.05) is 0 Å². The Morgan fingerprint density at radius 2 is 1.96 bits per heavy atom. The van der Waals surface area contributed by atoms with Crippen LogP contribution in [-0.2, 0) is 28.8 Å². The van der Waals surface area contributed by atoms with Crippen molar-refractivity contribution in [1.82, 2.24) is 4.98 Å². The van der Waals surface area contributed by atoms with E-state index in [2.05, 4.69) is 4.98 Å². The average molecular weight is 379 g/mol. The molecular formula is C22H21NO3S. The first-order chi connectivity index (χ1) is 13.1. The molecule has 4 nitrogen and oxygen atoms in total. The van der Waals surface area contributed by atoms with Gasteiger partial charge in [0, 0.05) is 12.0 Å². The van der Waals surface area contributed by atoms with Crippen molar-refractivity contribution in [3.05, 3.63) is 64.2 Å². The molecule has 0 bridgehead atoms. The molecule has 5 heteroatoms. The van der Waals surface area contributed by atoms with Gasteiger partial charge in [0.05, 0.1) is 21.6 Å². The van der Waals surface area contributed by atoms with Crippen LogP contribution in [0.3, 0.4) is 0 Å². The van der Waals surface area contributed by atoms with Gasteiger partial charge in [-0.05, 0) is 55.5 Å². The van der Waals surface area contributed by atoms with E-state index in [0.717, 1.165) is 34.5 Å². The van der Waals surface area contributed by atoms with Crippen LogP contribution in [0.4, 0.5) is 0 Å². The van der Waals surface area contributed by atoms with Crippen LogP contribution in [-0.4, -0.2) is 22.8 Å². The van der Waals surface area contributed by atoms with Gasteiger partial charge in [0.2, 0.25) is 5.78 Å². The predicted molar refractivity (Wildman–Crippen MR) is 106 cm³/mol. The molecular weight excluding hydrogens is 358 g/mol. The maximum Gasteiger partial charge on any atom is 0.306 e. The lowest BCUT2D eigenvalue weighted by Gasteiger charge is -2.13. The van der Waals surface area contributed by atoms with E-state index in [9.17, 15) is 9.59 Å². The number of ketones is 1. The number of para-hydroxylation sites is 1. The highest BCUT2D eigenvalue weighted by Crippen LogP contribution is 2.24. The van der Waals surface area contributed by atoms with Crippen LogP contribution in [0.25, 0.3) is 10.2 Å². The third-order valence-electron chi connectivity index (χ3n) is 4.94. The van der Waals surface area contributed by atoms with Crippen molar-refractivity contribution < 1.29 is 14.3 Å². The van der Waals surface area contributed by atoms with Crippen LogP contribution < -0.4 is 0 Å². The Kier molecular flexibility index (Phi) is 5.03. The van der Waals surface area contributed by atoms with Crippen molar-refractivity contribution in [2.45, 2.75) is 45.1 Å². The first kappa shape index (κ1) is 17.9. The Labute approximate surface area is 162 Å². The number of hydrogen-bond donors (Lipinski definition) is 0. The molecule has 27 heavy (non-hydrogen) atoms. The zero-order valence-corrected chi connectivity index (χ0v) is 16.1.